The molecular formula is C11H14N2O2. The number of hydrogen-bond acceptors (Lipinski definition) is 3. The van der Waals surface area contributed by atoms with Crippen LogP contribution in [-0.2, 0) is 9.63 Å². The van der Waals surface area contributed by atoms with Gasteiger partial charge in [-0.1, -0.05) is 35.5 Å². The third-order valence-corrected chi connectivity index (χ3v) is 1.64. The summed E-state index contributed by atoms with van der Waals surface area (Å²) in [4.78, 5) is 16.1. The Morgan fingerprint density at radius 3 is 2.40 bits per heavy atom. The van der Waals surface area contributed by atoms with Crippen LogP contribution in [-0.4, -0.2) is 17.7 Å². The zero-order chi connectivity index (χ0) is 11.3. The topological polar surface area (TPSA) is 64.7 Å². The zero-order valence-corrected chi connectivity index (χ0v) is 8.81. The molecule has 15 heavy (non-hydrogen) atoms. The van der Waals surface area contributed by atoms with E-state index in [1.54, 1.807) is 12.1 Å². The van der Waals surface area contributed by atoms with Crippen LogP contribution in [0.2, 0.25) is 0 Å². The fourth-order valence-electron chi connectivity index (χ4n) is 0.994. The fraction of sp³-hybridized carbons (Fsp3) is 0.273. The number of benzene rings is 1. The third-order valence-electron chi connectivity index (χ3n) is 1.64. The smallest absolute Gasteiger partial charge is 0.271 e. The van der Waals surface area contributed by atoms with Crippen LogP contribution in [0.15, 0.2) is 35.5 Å². The number of oxime groups is 1. The van der Waals surface area contributed by atoms with Crippen molar-refractivity contribution in [1.82, 2.24) is 0 Å². The largest absolute Gasteiger partial charge is 0.392 e. The van der Waals surface area contributed by atoms with Crippen molar-refractivity contribution in [1.29, 1.82) is 0 Å². The number of amides is 1. The molecule has 1 amide bonds. The van der Waals surface area contributed by atoms with Gasteiger partial charge < -0.3 is 10.6 Å². The van der Waals surface area contributed by atoms with Gasteiger partial charge in [0, 0.05) is 5.56 Å². The summed E-state index contributed by atoms with van der Waals surface area (Å²) in [5.41, 5.74) is 6.01. The lowest BCUT2D eigenvalue weighted by Crippen LogP contribution is -2.25. The Morgan fingerprint density at radius 2 is 1.93 bits per heavy atom. The first-order valence-corrected chi connectivity index (χ1v) is 4.70. The maximum absolute atomic E-state index is 11.1. The summed E-state index contributed by atoms with van der Waals surface area (Å²) in [6.45, 7) is 3.65. The van der Waals surface area contributed by atoms with Crippen molar-refractivity contribution in [2.45, 2.75) is 20.0 Å². The van der Waals surface area contributed by atoms with Gasteiger partial charge in [-0.3, -0.25) is 4.79 Å². The van der Waals surface area contributed by atoms with Crippen LogP contribution in [0.25, 0.3) is 0 Å². The minimum atomic E-state index is -0.596. The van der Waals surface area contributed by atoms with E-state index < -0.39 is 5.91 Å². The summed E-state index contributed by atoms with van der Waals surface area (Å²) in [5, 5.41) is 3.74. The first-order chi connectivity index (χ1) is 7.11. The second-order valence-corrected chi connectivity index (χ2v) is 3.32. The normalized spacial score (nSPS) is 11.5. The number of primary amides is 1. The highest BCUT2D eigenvalue weighted by Crippen LogP contribution is 2.02. The van der Waals surface area contributed by atoms with Crippen LogP contribution in [0.3, 0.4) is 0 Å². The SMILES string of the molecule is CC(C)O/N=C(\C(N)=O)c1ccccc1. The molecule has 0 aliphatic rings. The average Bonchev–Trinajstić information content (AvgIpc) is 2.18. The molecule has 1 rings (SSSR count). The maximum Gasteiger partial charge on any atom is 0.271 e. The molecule has 0 aliphatic heterocycles. The number of nitrogens with zero attached hydrogens (tertiary/aromatic N) is 1. The summed E-state index contributed by atoms with van der Waals surface area (Å²) >= 11 is 0. The van der Waals surface area contributed by atoms with Gasteiger partial charge in [-0.2, -0.15) is 0 Å². The van der Waals surface area contributed by atoms with Crippen molar-refractivity contribution in [2.75, 3.05) is 0 Å². The van der Waals surface area contributed by atoms with Gasteiger partial charge >= 0.3 is 0 Å². The summed E-state index contributed by atoms with van der Waals surface area (Å²) in [6.07, 6.45) is -0.0805. The minimum absolute atomic E-state index is 0.0805. The lowest BCUT2D eigenvalue weighted by molar-refractivity contribution is -0.112. The highest BCUT2D eigenvalue weighted by atomic mass is 16.6. The summed E-state index contributed by atoms with van der Waals surface area (Å²) < 4.78 is 0. The number of nitrogens with two attached hydrogens (primary N) is 1. The molecule has 1 aromatic carbocycles. The number of carbonyl (C=O) groups excluding carboxylic acids is 1. The average molecular weight is 206 g/mol. The monoisotopic (exact) mass is 206 g/mol. The molecule has 0 radical (unpaired) electrons. The standard InChI is InChI=1S/C11H14N2O2/c1-8(2)15-13-10(11(12)14)9-6-4-3-5-7-9/h3-8H,1-2H3,(H2,12,14)/b13-10-. The molecule has 0 aliphatic carbocycles. The Morgan fingerprint density at radius 1 is 1.33 bits per heavy atom. The molecule has 0 spiro atoms. The van der Waals surface area contributed by atoms with Gasteiger partial charge in [-0.05, 0) is 13.8 Å². The van der Waals surface area contributed by atoms with Crippen LogP contribution in [0.5, 0.6) is 0 Å². The van der Waals surface area contributed by atoms with E-state index in [1.807, 2.05) is 32.0 Å². The third kappa shape index (κ3) is 3.42. The Hall–Kier alpha value is -1.84. The predicted octanol–water partition coefficient (Wildman–Crippen LogP) is 1.30. The molecule has 2 N–H and O–H groups in total. The van der Waals surface area contributed by atoms with Crippen molar-refractivity contribution in [2.24, 2.45) is 10.9 Å². The van der Waals surface area contributed by atoms with Crippen LogP contribution in [0.4, 0.5) is 0 Å². The van der Waals surface area contributed by atoms with Crippen molar-refractivity contribution in [3.8, 4) is 0 Å². The lowest BCUT2D eigenvalue weighted by atomic mass is 10.1. The van der Waals surface area contributed by atoms with E-state index in [9.17, 15) is 4.79 Å². The molecule has 0 heterocycles. The van der Waals surface area contributed by atoms with E-state index in [1.165, 1.54) is 0 Å². The molecule has 80 valence electrons. The summed E-state index contributed by atoms with van der Waals surface area (Å²) in [6, 6.07) is 8.98. The Balaban J connectivity index is 2.94. The molecule has 4 nitrogen and oxygen atoms in total. The van der Waals surface area contributed by atoms with Crippen LogP contribution >= 0.6 is 0 Å². The molecule has 0 bridgehead atoms. The molecule has 0 aromatic heterocycles. The van der Waals surface area contributed by atoms with Gasteiger partial charge in [0.1, 0.15) is 6.10 Å². The van der Waals surface area contributed by atoms with Gasteiger partial charge in [0.2, 0.25) is 0 Å². The van der Waals surface area contributed by atoms with Gasteiger partial charge in [-0.25, -0.2) is 0 Å². The Bertz CT molecular complexity index is 358. The number of rotatable bonds is 4. The first-order valence-electron chi connectivity index (χ1n) is 4.70. The summed E-state index contributed by atoms with van der Waals surface area (Å²) in [5.74, 6) is -0.596. The Labute approximate surface area is 88.7 Å². The van der Waals surface area contributed by atoms with Crippen molar-refractivity contribution < 1.29 is 9.63 Å². The molecule has 4 heteroatoms. The molecule has 0 atom stereocenters. The molecule has 0 saturated carbocycles. The van der Waals surface area contributed by atoms with E-state index in [2.05, 4.69) is 5.16 Å². The highest BCUT2D eigenvalue weighted by molar-refractivity contribution is 6.44. The minimum Gasteiger partial charge on any atom is -0.392 e. The van der Waals surface area contributed by atoms with Gasteiger partial charge in [0.25, 0.3) is 5.91 Å². The molecule has 0 unspecified atom stereocenters. The van der Waals surface area contributed by atoms with Crippen molar-refractivity contribution in [3.63, 3.8) is 0 Å². The predicted molar refractivity (Wildman–Crippen MR) is 58.4 cm³/mol. The molecular weight excluding hydrogens is 192 g/mol. The van der Waals surface area contributed by atoms with Crippen molar-refractivity contribution >= 4 is 11.6 Å². The van der Waals surface area contributed by atoms with E-state index in [0.717, 1.165) is 0 Å². The highest BCUT2D eigenvalue weighted by Gasteiger charge is 2.10. The summed E-state index contributed by atoms with van der Waals surface area (Å²) in [7, 11) is 0. The quantitative estimate of drug-likeness (QED) is 0.596. The van der Waals surface area contributed by atoms with E-state index in [4.69, 9.17) is 10.6 Å². The van der Waals surface area contributed by atoms with Crippen molar-refractivity contribution in [3.05, 3.63) is 35.9 Å². The number of carbonyl (C=O) groups is 1. The first kappa shape index (κ1) is 11.2. The second-order valence-electron chi connectivity index (χ2n) is 3.32. The van der Waals surface area contributed by atoms with Crippen LogP contribution in [0.1, 0.15) is 19.4 Å². The Kier molecular flexibility index (Phi) is 3.85. The molecule has 0 fully saturated rings. The number of hydrogen-bond donors (Lipinski definition) is 1. The van der Waals surface area contributed by atoms with Gasteiger partial charge in [0.05, 0.1) is 0 Å². The maximum atomic E-state index is 11.1. The molecule has 0 saturated heterocycles. The van der Waals surface area contributed by atoms with Gasteiger partial charge in [-0.15, -0.1) is 0 Å². The van der Waals surface area contributed by atoms with E-state index in [-0.39, 0.29) is 11.8 Å². The van der Waals surface area contributed by atoms with Gasteiger partial charge in [0.15, 0.2) is 5.71 Å². The van der Waals surface area contributed by atoms with Crippen LogP contribution in [0, 0.1) is 0 Å². The lowest BCUT2D eigenvalue weighted by Gasteiger charge is -2.05. The van der Waals surface area contributed by atoms with E-state index >= 15 is 0 Å². The fourth-order valence-corrected chi connectivity index (χ4v) is 0.994. The second kappa shape index (κ2) is 5.14. The molecule has 1 aromatic rings. The van der Waals surface area contributed by atoms with Crippen LogP contribution < -0.4 is 5.73 Å². The van der Waals surface area contributed by atoms with E-state index in [0.29, 0.717) is 5.56 Å². The zero-order valence-electron chi connectivity index (χ0n) is 8.81.